The van der Waals surface area contributed by atoms with Crippen LogP contribution in [0.4, 0.5) is 5.69 Å². The van der Waals surface area contributed by atoms with Crippen molar-refractivity contribution in [2.75, 3.05) is 37.0 Å². The summed E-state index contributed by atoms with van der Waals surface area (Å²) in [5.74, 6) is 2.06. The smallest absolute Gasteiger partial charge is 0.251 e. The maximum Gasteiger partial charge on any atom is 0.251 e. The summed E-state index contributed by atoms with van der Waals surface area (Å²) < 4.78 is 5.41. The molecule has 1 N–H and O–H groups in total. The molecule has 1 atom stereocenters. The Morgan fingerprint density at radius 2 is 1.78 bits per heavy atom. The summed E-state index contributed by atoms with van der Waals surface area (Å²) in [4.78, 5) is 14.9. The van der Waals surface area contributed by atoms with Gasteiger partial charge in [-0.25, -0.2) is 0 Å². The Kier molecular flexibility index (Phi) is 7.18. The molecule has 1 heterocycles. The van der Waals surface area contributed by atoms with Gasteiger partial charge in [-0.1, -0.05) is 31.2 Å². The minimum atomic E-state index is -0.0356. The van der Waals surface area contributed by atoms with Gasteiger partial charge in [0.15, 0.2) is 0 Å². The summed E-state index contributed by atoms with van der Waals surface area (Å²) in [6, 6.07) is 16.3. The number of rotatable bonds is 7. The van der Waals surface area contributed by atoms with Gasteiger partial charge in [0.2, 0.25) is 0 Å². The Hall–Kier alpha value is -1.98. The molecule has 0 spiro atoms. The van der Waals surface area contributed by atoms with Crippen LogP contribution in [0.15, 0.2) is 48.5 Å². The summed E-state index contributed by atoms with van der Waals surface area (Å²) in [7, 11) is 0. The maximum absolute atomic E-state index is 12.5. The standard InChI is InChI=1S/C22H28N2O2S/c1-3-27-16-18-4-6-20(7-5-18)22(25)23-17(2)19-8-10-21(11-9-19)24-12-14-26-15-13-24/h4-11,17H,3,12-16H2,1-2H3,(H,23,25). The van der Waals surface area contributed by atoms with E-state index in [2.05, 4.69) is 41.4 Å². The summed E-state index contributed by atoms with van der Waals surface area (Å²) in [5.41, 5.74) is 4.28. The molecule has 1 aliphatic heterocycles. The maximum atomic E-state index is 12.5. The van der Waals surface area contributed by atoms with Crippen LogP contribution >= 0.6 is 11.8 Å². The highest BCUT2D eigenvalue weighted by Crippen LogP contribution is 2.21. The van der Waals surface area contributed by atoms with Crippen LogP contribution in [0.2, 0.25) is 0 Å². The van der Waals surface area contributed by atoms with E-state index in [1.807, 2.05) is 43.0 Å². The van der Waals surface area contributed by atoms with Gasteiger partial charge >= 0.3 is 0 Å². The highest BCUT2D eigenvalue weighted by atomic mass is 32.2. The molecule has 3 rings (SSSR count). The first-order valence-electron chi connectivity index (χ1n) is 9.57. The SMILES string of the molecule is CCSCc1ccc(C(=O)NC(C)c2ccc(N3CCOCC3)cc2)cc1. The molecule has 0 bridgehead atoms. The van der Waals surface area contributed by atoms with E-state index < -0.39 is 0 Å². The Balaban J connectivity index is 1.57. The predicted octanol–water partition coefficient (Wildman–Crippen LogP) is 4.27. The van der Waals surface area contributed by atoms with Crippen LogP contribution in [0.25, 0.3) is 0 Å². The lowest BCUT2D eigenvalue weighted by molar-refractivity contribution is 0.0940. The number of hydrogen-bond donors (Lipinski definition) is 1. The van der Waals surface area contributed by atoms with E-state index in [1.165, 1.54) is 11.3 Å². The first-order chi connectivity index (χ1) is 13.2. The van der Waals surface area contributed by atoms with Gasteiger partial charge in [0.25, 0.3) is 5.91 Å². The number of anilines is 1. The summed E-state index contributed by atoms with van der Waals surface area (Å²) >= 11 is 1.88. The predicted molar refractivity (Wildman–Crippen MR) is 114 cm³/mol. The van der Waals surface area contributed by atoms with Crippen molar-refractivity contribution >= 4 is 23.4 Å². The number of hydrogen-bond acceptors (Lipinski definition) is 4. The van der Waals surface area contributed by atoms with E-state index in [9.17, 15) is 4.79 Å². The van der Waals surface area contributed by atoms with Crippen molar-refractivity contribution in [3.05, 3.63) is 65.2 Å². The molecule has 1 fully saturated rings. The number of ether oxygens (including phenoxy) is 1. The largest absolute Gasteiger partial charge is 0.378 e. The molecule has 5 heteroatoms. The molecule has 1 unspecified atom stereocenters. The molecule has 144 valence electrons. The van der Waals surface area contributed by atoms with Crippen LogP contribution in [-0.2, 0) is 10.5 Å². The molecule has 1 aliphatic rings. The van der Waals surface area contributed by atoms with Crippen molar-refractivity contribution in [1.82, 2.24) is 5.32 Å². The van der Waals surface area contributed by atoms with Crippen LogP contribution in [0.3, 0.4) is 0 Å². The molecule has 0 radical (unpaired) electrons. The second-order valence-electron chi connectivity index (χ2n) is 6.72. The van der Waals surface area contributed by atoms with Crippen LogP contribution in [0.5, 0.6) is 0 Å². The number of nitrogens with one attached hydrogen (secondary N) is 1. The molecule has 2 aromatic carbocycles. The van der Waals surface area contributed by atoms with Gasteiger partial charge in [0.1, 0.15) is 0 Å². The molecule has 27 heavy (non-hydrogen) atoms. The Morgan fingerprint density at radius 1 is 1.11 bits per heavy atom. The third kappa shape index (κ3) is 5.50. The normalized spacial score (nSPS) is 15.4. The van der Waals surface area contributed by atoms with Crippen molar-refractivity contribution in [3.63, 3.8) is 0 Å². The van der Waals surface area contributed by atoms with Crippen molar-refractivity contribution in [2.24, 2.45) is 0 Å². The first kappa shape index (κ1) is 19.8. The first-order valence-corrected chi connectivity index (χ1v) is 10.7. The number of thioether (sulfide) groups is 1. The number of amides is 1. The zero-order chi connectivity index (χ0) is 19.1. The van der Waals surface area contributed by atoms with Crippen LogP contribution < -0.4 is 10.2 Å². The zero-order valence-corrected chi connectivity index (χ0v) is 16.9. The third-order valence-corrected chi connectivity index (χ3v) is 5.75. The van der Waals surface area contributed by atoms with Gasteiger partial charge in [-0.3, -0.25) is 4.79 Å². The van der Waals surface area contributed by atoms with E-state index in [0.717, 1.165) is 43.4 Å². The fourth-order valence-electron chi connectivity index (χ4n) is 3.13. The summed E-state index contributed by atoms with van der Waals surface area (Å²) in [6.45, 7) is 7.60. The molecule has 1 amide bonds. The topological polar surface area (TPSA) is 41.6 Å². The van der Waals surface area contributed by atoms with Gasteiger partial charge in [-0.05, 0) is 48.1 Å². The van der Waals surface area contributed by atoms with E-state index >= 15 is 0 Å². The molecule has 0 aliphatic carbocycles. The number of carbonyl (C=O) groups excluding carboxylic acids is 1. The summed E-state index contributed by atoms with van der Waals surface area (Å²) in [5, 5.41) is 3.10. The fraction of sp³-hybridized carbons (Fsp3) is 0.409. The third-order valence-electron chi connectivity index (χ3n) is 4.81. The number of morpholine rings is 1. The Bertz CT molecular complexity index is 725. The van der Waals surface area contributed by atoms with Gasteiger partial charge < -0.3 is 15.0 Å². The monoisotopic (exact) mass is 384 g/mol. The molecule has 0 aromatic heterocycles. The average molecular weight is 385 g/mol. The van der Waals surface area contributed by atoms with E-state index in [4.69, 9.17) is 4.74 Å². The van der Waals surface area contributed by atoms with Gasteiger partial charge in [0.05, 0.1) is 19.3 Å². The zero-order valence-electron chi connectivity index (χ0n) is 16.1. The second-order valence-corrected chi connectivity index (χ2v) is 7.99. The van der Waals surface area contributed by atoms with E-state index in [1.54, 1.807) is 0 Å². The minimum Gasteiger partial charge on any atom is -0.378 e. The molecule has 2 aromatic rings. The van der Waals surface area contributed by atoms with Crippen molar-refractivity contribution in [3.8, 4) is 0 Å². The van der Waals surface area contributed by atoms with Crippen LogP contribution in [-0.4, -0.2) is 38.0 Å². The van der Waals surface area contributed by atoms with Gasteiger partial charge in [-0.2, -0.15) is 11.8 Å². The highest BCUT2D eigenvalue weighted by Gasteiger charge is 2.14. The minimum absolute atomic E-state index is 0.0329. The number of nitrogens with zero attached hydrogens (tertiary/aromatic N) is 1. The Labute approximate surface area is 166 Å². The lowest BCUT2D eigenvalue weighted by Crippen LogP contribution is -2.36. The molecular weight excluding hydrogens is 356 g/mol. The van der Waals surface area contributed by atoms with E-state index in [-0.39, 0.29) is 11.9 Å². The molecular formula is C22H28N2O2S. The lowest BCUT2D eigenvalue weighted by atomic mass is 10.1. The number of benzene rings is 2. The Morgan fingerprint density at radius 3 is 2.41 bits per heavy atom. The van der Waals surface area contributed by atoms with Crippen molar-refractivity contribution in [1.29, 1.82) is 0 Å². The average Bonchev–Trinajstić information content (AvgIpc) is 2.73. The quantitative estimate of drug-likeness (QED) is 0.774. The van der Waals surface area contributed by atoms with E-state index in [0.29, 0.717) is 5.56 Å². The highest BCUT2D eigenvalue weighted by molar-refractivity contribution is 7.98. The summed E-state index contributed by atoms with van der Waals surface area (Å²) in [6.07, 6.45) is 0. The molecule has 0 saturated carbocycles. The van der Waals surface area contributed by atoms with Crippen molar-refractivity contribution in [2.45, 2.75) is 25.6 Å². The van der Waals surface area contributed by atoms with Crippen LogP contribution in [0, 0.1) is 0 Å². The van der Waals surface area contributed by atoms with Crippen molar-refractivity contribution < 1.29 is 9.53 Å². The second kappa shape index (κ2) is 9.81. The van der Waals surface area contributed by atoms with Gasteiger partial charge in [-0.15, -0.1) is 0 Å². The van der Waals surface area contributed by atoms with Crippen LogP contribution in [0.1, 0.15) is 41.4 Å². The lowest BCUT2D eigenvalue weighted by Gasteiger charge is -2.29. The fourth-order valence-corrected chi connectivity index (χ4v) is 3.76. The molecule has 4 nitrogen and oxygen atoms in total. The number of carbonyl (C=O) groups is 1. The molecule has 1 saturated heterocycles. The van der Waals surface area contributed by atoms with Gasteiger partial charge in [0, 0.05) is 30.1 Å².